The minimum Gasteiger partial charge on any atom is -0.396 e. The van der Waals surface area contributed by atoms with Crippen LogP contribution in [0.3, 0.4) is 0 Å². The summed E-state index contributed by atoms with van der Waals surface area (Å²) in [6.07, 6.45) is -5.82. The van der Waals surface area contributed by atoms with E-state index in [1.54, 1.807) is 6.92 Å². The Morgan fingerprint density at radius 3 is 2.57 bits per heavy atom. The number of amides is 1. The number of aromatic nitrogens is 1. The lowest BCUT2D eigenvalue weighted by Crippen LogP contribution is -2.48. The molecule has 1 atom stereocenters. The van der Waals surface area contributed by atoms with Crippen molar-refractivity contribution >= 4 is 21.8 Å². The van der Waals surface area contributed by atoms with Crippen LogP contribution in [0.2, 0.25) is 0 Å². The van der Waals surface area contributed by atoms with Crippen molar-refractivity contribution in [2.24, 2.45) is 0 Å². The number of aliphatic hydroxyl groups excluding tert-OH is 1. The average Bonchev–Trinajstić information content (AvgIpc) is 2.74. The zero-order chi connectivity index (χ0) is 17.4. The van der Waals surface area contributed by atoms with Crippen molar-refractivity contribution in [3.8, 4) is 0 Å². The van der Waals surface area contributed by atoms with Crippen LogP contribution in [0, 0.1) is 6.92 Å². The van der Waals surface area contributed by atoms with Gasteiger partial charge in [-0.25, -0.2) is 0 Å². The van der Waals surface area contributed by atoms with E-state index in [9.17, 15) is 22.8 Å². The molecule has 0 radical (unpaired) electrons. The third-order valence-corrected chi connectivity index (χ3v) is 4.48. The number of nitrogens with zero attached hydrogens (tertiary/aromatic N) is 1. The predicted molar refractivity (Wildman–Crippen MR) is 80.2 cm³/mol. The molecule has 128 valence electrons. The van der Waals surface area contributed by atoms with Gasteiger partial charge in [0.25, 0.3) is 11.5 Å². The maximum Gasteiger partial charge on any atom is 0.389 e. The van der Waals surface area contributed by atoms with Crippen LogP contribution in [0.4, 0.5) is 13.2 Å². The first kappa shape index (κ1) is 18.0. The van der Waals surface area contributed by atoms with Gasteiger partial charge in [0.15, 0.2) is 0 Å². The number of carbonyl (C=O) groups is 1. The predicted octanol–water partition coefficient (Wildman–Crippen LogP) is 2.43. The van der Waals surface area contributed by atoms with Crippen molar-refractivity contribution in [1.82, 2.24) is 9.88 Å². The van der Waals surface area contributed by atoms with E-state index < -0.39 is 36.1 Å². The molecule has 1 amide bonds. The summed E-state index contributed by atoms with van der Waals surface area (Å²) in [7, 11) is 0. The molecule has 2 heterocycles. The van der Waals surface area contributed by atoms with Crippen molar-refractivity contribution in [2.45, 2.75) is 44.4 Å². The number of rotatable bonds is 5. The Morgan fingerprint density at radius 1 is 1.35 bits per heavy atom. The zero-order valence-corrected chi connectivity index (χ0v) is 13.9. The summed E-state index contributed by atoms with van der Waals surface area (Å²) in [5.41, 5.74) is -1.48. The highest BCUT2D eigenvalue weighted by Crippen LogP contribution is 2.36. The Kier molecular flexibility index (Phi) is 4.91. The largest absolute Gasteiger partial charge is 0.396 e. The Hall–Kier alpha value is -1.35. The van der Waals surface area contributed by atoms with Gasteiger partial charge in [0.05, 0.1) is 4.47 Å². The highest BCUT2D eigenvalue weighted by Gasteiger charge is 2.46. The van der Waals surface area contributed by atoms with E-state index >= 15 is 0 Å². The maximum absolute atomic E-state index is 12.7. The number of pyridine rings is 1. The number of fused-ring (bicyclic) bond motifs is 1. The second-order valence-corrected chi connectivity index (χ2v) is 6.45. The van der Waals surface area contributed by atoms with Gasteiger partial charge >= 0.3 is 6.18 Å². The van der Waals surface area contributed by atoms with Gasteiger partial charge in [0.1, 0.15) is 11.4 Å². The second kappa shape index (κ2) is 6.27. The summed E-state index contributed by atoms with van der Waals surface area (Å²) in [6, 6.07) is 1.47. The van der Waals surface area contributed by atoms with E-state index in [1.165, 1.54) is 6.07 Å². The molecule has 0 fully saturated rings. The van der Waals surface area contributed by atoms with Crippen molar-refractivity contribution in [3.63, 3.8) is 0 Å². The number of hydrogen-bond donors (Lipinski definition) is 2. The Balaban J connectivity index is 2.58. The highest BCUT2D eigenvalue weighted by atomic mass is 79.9. The molecule has 1 aromatic heterocycles. The lowest BCUT2D eigenvalue weighted by molar-refractivity contribution is -0.141. The SMILES string of the molecule is Cc1cc(Br)c(=O)n2c1C(=O)N[C@]2(CCCO)CCC(F)(F)F. The van der Waals surface area contributed by atoms with Gasteiger partial charge in [0.2, 0.25) is 0 Å². The van der Waals surface area contributed by atoms with Crippen LogP contribution in [0.5, 0.6) is 0 Å². The average molecular weight is 397 g/mol. The molecule has 0 unspecified atom stereocenters. The summed E-state index contributed by atoms with van der Waals surface area (Å²) in [4.78, 5) is 24.7. The number of alkyl halides is 3. The van der Waals surface area contributed by atoms with Crippen molar-refractivity contribution < 1.29 is 23.1 Å². The van der Waals surface area contributed by atoms with Crippen LogP contribution in [0.1, 0.15) is 41.7 Å². The molecule has 0 saturated heterocycles. The maximum atomic E-state index is 12.7. The van der Waals surface area contributed by atoms with E-state index in [1.807, 2.05) is 0 Å². The molecule has 1 aliphatic heterocycles. The first-order valence-electron chi connectivity index (χ1n) is 7.04. The molecule has 23 heavy (non-hydrogen) atoms. The van der Waals surface area contributed by atoms with Gasteiger partial charge in [0, 0.05) is 13.0 Å². The fourth-order valence-electron chi connectivity index (χ4n) is 2.91. The van der Waals surface area contributed by atoms with E-state index in [4.69, 9.17) is 5.11 Å². The van der Waals surface area contributed by atoms with Crippen molar-refractivity contribution in [3.05, 3.63) is 32.2 Å². The van der Waals surface area contributed by atoms with Gasteiger partial charge in [-0.3, -0.25) is 14.2 Å². The van der Waals surface area contributed by atoms with Crippen molar-refractivity contribution in [1.29, 1.82) is 0 Å². The third-order valence-electron chi connectivity index (χ3n) is 3.91. The third kappa shape index (κ3) is 3.45. The number of nitrogens with one attached hydrogen (secondary N) is 1. The van der Waals surface area contributed by atoms with Gasteiger partial charge in [-0.1, -0.05) is 0 Å². The molecule has 2 rings (SSSR count). The summed E-state index contributed by atoms with van der Waals surface area (Å²) >= 11 is 3.09. The molecule has 5 nitrogen and oxygen atoms in total. The lowest BCUT2D eigenvalue weighted by atomic mass is 9.97. The van der Waals surface area contributed by atoms with Crippen LogP contribution in [-0.4, -0.2) is 28.4 Å². The van der Waals surface area contributed by atoms with Gasteiger partial charge in [-0.15, -0.1) is 0 Å². The van der Waals surface area contributed by atoms with E-state index in [0.717, 1.165) is 4.57 Å². The first-order chi connectivity index (χ1) is 10.6. The number of hydrogen-bond acceptors (Lipinski definition) is 3. The Morgan fingerprint density at radius 2 is 2.00 bits per heavy atom. The van der Waals surface area contributed by atoms with Gasteiger partial charge in [-0.05, 0) is 53.7 Å². The first-order valence-corrected chi connectivity index (χ1v) is 7.83. The summed E-state index contributed by atoms with van der Waals surface area (Å²) in [5.74, 6) is -0.577. The summed E-state index contributed by atoms with van der Waals surface area (Å²) in [5, 5.41) is 11.6. The number of halogens is 4. The molecule has 0 saturated carbocycles. The second-order valence-electron chi connectivity index (χ2n) is 5.59. The van der Waals surface area contributed by atoms with Gasteiger partial charge in [-0.2, -0.15) is 13.2 Å². The molecule has 0 bridgehead atoms. The molecule has 0 aliphatic carbocycles. The fraction of sp³-hybridized carbons (Fsp3) is 0.571. The van der Waals surface area contributed by atoms with Crippen LogP contribution in [0.25, 0.3) is 0 Å². The van der Waals surface area contributed by atoms with Gasteiger partial charge < -0.3 is 10.4 Å². The number of aliphatic hydroxyl groups is 1. The van der Waals surface area contributed by atoms with E-state index in [0.29, 0.717) is 5.56 Å². The molecule has 9 heteroatoms. The minimum absolute atomic E-state index is 0.0358. The molecular weight excluding hydrogens is 381 g/mol. The monoisotopic (exact) mass is 396 g/mol. The smallest absolute Gasteiger partial charge is 0.389 e. The fourth-order valence-corrected chi connectivity index (χ4v) is 3.43. The quantitative estimate of drug-likeness (QED) is 0.802. The van der Waals surface area contributed by atoms with Crippen molar-refractivity contribution in [2.75, 3.05) is 6.61 Å². The van der Waals surface area contributed by atoms with Crippen LogP contribution in [-0.2, 0) is 5.66 Å². The molecule has 1 aromatic rings. The molecule has 1 aliphatic rings. The topological polar surface area (TPSA) is 71.3 Å². The zero-order valence-electron chi connectivity index (χ0n) is 12.3. The van der Waals surface area contributed by atoms with E-state index in [2.05, 4.69) is 21.2 Å². The van der Waals surface area contributed by atoms with Crippen LogP contribution >= 0.6 is 15.9 Å². The summed E-state index contributed by atoms with van der Waals surface area (Å²) in [6.45, 7) is 1.36. The molecule has 0 aromatic carbocycles. The standard InChI is InChI=1S/C14H16BrF3N2O3/c1-8-7-9(15)12(23)20-10(8)11(22)19-13(20,3-2-6-21)4-5-14(16,17)18/h7,21H,2-6H2,1H3,(H,19,22)/t13-/m0/s1. The summed E-state index contributed by atoms with van der Waals surface area (Å²) < 4.78 is 39.3. The van der Waals surface area contributed by atoms with Crippen LogP contribution in [0.15, 0.2) is 15.3 Å². The lowest BCUT2D eigenvalue weighted by Gasteiger charge is -2.32. The van der Waals surface area contributed by atoms with E-state index in [-0.39, 0.29) is 29.6 Å². The molecule has 2 N–H and O–H groups in total. The normalized spacial score (nSPS) is 20.5. The van der Waals surface area contributed by atoms with Crippen LogP contribution < -0.4 is 10.9 Å². The molecule has 0 spiro atoms. The Bertz CT molecular complexity index is 687. The number of carbonyl (C=O) groups excluding carboxylic acids is 1. The highest BCUT2D eigenvalue weighted by molar-refractivity contribution is 9.10. The Labute approximate surface area is 138 Å². The molecular formula is C14H16BrF3N2O3. The minimum atomic E-state index is -4.41. The number of aryl methyl sites for hydroxylation is 1.